The van der Waals surface area contributed by atoms with Crippen molar-refractivity contribution in [2.45, 2.75) is 19.3 Å². The van der Waals surface area contributed by atoms with E-state index in [1.54, 1.807) is 12.1 Å². The zero-order valence-corrected chi connectivity index (χ0v) is 9.41. The molecule has 0 N–H and O–H groups in total. The maximum Gasteiger partial charge on any atom is 0.267 e. The molecule has 1 aromatic heterocycles. The number of rotatable bonds is 2. The molecule has 6 heteroatoms. The molecule has 0 spiro atoms. The Morgan fingerprint density at radius 2 is 2.12 bits per heavy atom. The summed E-state index contributed by atoms with van der Waals surface area (Å²) in [5.41, 5.74) is 8.42. The second kappa shape index (κ2) is 5.32. The second-order valence-corrected chi connectivity index (χ2v) is 3.92. The van der Waals surface area contributed by atoms with Crippen molar-refractivity contribution >= 4 is 11.7 Å². The Bertz CT molecular complexity index is 461. The first kappa shape index (κ1) is 11.4. The molecule has 1 aliphatic rings. The van der Waals surface area contributed by atoms with E-state index in [2.05, 4.69) is 19.9 Å². The summed E-state index contributed by atoms with van der Waals surface area (Å²) in [7, 11) is 0. The first-order chi connectivity index (χ1) is 8.31. The van der Waals surface area contributed by atoms with E-state index in [0.717, 1.165) is 31.7 Å². The summed E-state index contributed by atoms with van der Waals surface area (Å²) in [6.45, 7) is 1.93. The fraction of sp³-hybridized carbons (Fsp3) is 0.455. The highest BCUT2D eigenvalue weighted by Gasteiger charge is 2.13. The molecular weight excluding hydrogens is 218 g/mol. The van der Waals surface area contributed by atoms with Crippen molar-refractivity contribution in [1.29, 1.82) is 0 Å². The summed E-state index contributed by atoms with van der Waals surface area (Å²) in [4.78, 5) is 20.2. The summed E-state index contributed by atoms with van der Waals surface area (Å²) >= 11 is 0. The van der Waals surface area contributed by atoms with Crippen LogP contribution >= 0.6 is 0 Å². The average molecular weight is 231 g/mol. The van der Waals surface area contributed by atoms with Crippen molar-refractivity contribution in [2.24, 2.45) is 5.11 Å². The number of nitrogens with zero attached hydrogens (tertiary/aromatic N) is 5. The zero-order chi connectivity index (χ0) is 12.1. The van der Waals surface area contributed by atoms with Gasteiger partial charge in [0.2, 0.25) is 0 Å². The van der Waals surface area contributed by atoms with Crippen molar-refractivity contribution in [1.82, 2.24) is 4.98 Å². The molecule has 2 heterocycles. The van der Waals surface area contributed by atoms with Crippen molar-refractivity contribution in [3.63, 3.8) is 0 Å². The third-order valence-corrected chi connectivity index (χ3v) is 2.77. The number of aromatic nitrogens is 1. The summed E-state index contributed by atoms with van der Waals surface area (Å²) in [6.07, 6.45) is 3.54. The maximum absolute atomic E-state index is 11.4. The standard InChI is InChI=1S/C11H13N5O/c12-15-14-11(17)9-5-4-6-10(13-9)16-7-2-1-3-8-16/h4-6H,1-3,7-8H2. The zero-order valence-electron chi connectivity index (χ0n) is 9.41. The van der Waals surface area contributed by atoms with Crippen molar-refractivity contribution < 1.29 is 4.79 Å². The van der Waals surface area contributed by atoms with Gasteiger partial charge in [0.15, 0.2) is 0 Å². The quantitative estimate of drug-likeness (QED) is 0.445. The molecule has 0 unspecified atom stereocenters. The molecule has 6 nitrogen and oxygen atoms in total. The Kier molecular flexibility index (Phi) is 3.57. The van der Waals surface area contributed by atoms with Gasteiger partial charge in [-0.1, -0.05) is 6.07 Å². The van der Waals surface area contributed by atoms with Crippen LogP contribution in [0.3, 0.4) is 0 Å². The molecule has 0 radical (unpaired) electrons. The SMILES string of the molecule is [N-]=[N+]=NC(=O)c1cccc(N2CCCCC2)n1. The summed E-state index contributed by atoms with van der Waals surface area (Å²) in [5.74, 6) is 0.148. The summed E-state index contributed by atoms with van der Waals surface area (Å²) < 4.78 is 0. The highest BCUT2D eigenvalue weighted by atomic mass is 16.1. The number of azide groups is 1. The molecule has 0 aliphatic carbocycles. The van der Waals surface area contributed by atoms with Crippen LogP contribution in [0, 0.1) is 0 Å². The lowest BCUT2D eigenvalue weighted by atomic mass is 10.1. The van der Waals surface area contributed by atoms with Gasteiger partial charge in [0.05, 0.1) is 0 Å². The lowest BCUT2D eigenvalue weighted by Gasteiger charge is -2.27. The first-order valence-electron chi connectivity index (χ1n) is 5.63. The molecule has 88 valence electrons. The molecule has 2 rings (SSSR count). The van der Waals surface area contributed by atoms with Crippen LogP contribution in [0.2, 0.25) is 0 Å². The van der Waals surface area contributed by atoms with Gasteiger partial charge in [0.25, 0.3) is 5.91 Å². The fourth-order valence-electron chi connectivity index (χ4n) is 1.93. The number of anilines is 1. The Hall–Kier alpha value is -2.07. The van der Waals surface area contributed by atoms with E-state index in [4.69, 9.17) is 5.53 Å². The Labute approximate surface area is 98.9 Å². The van der Waals surface area contributed by atoms with E-state index in [9.17, 15) is 4.79 Å². The van der Waals surface area contributed by atoms with Gasteiger partial charge in [0.1, 0.15) is 11.5 Å². The van der Waals surface area contributed by atoms with E-state index in [1.165, 1.54) is 6.42 Å². The van der Waals surface area contributed by atoms with Gasteiger partial charge in [0, 0.05) is 18.0 Å². The fourth-order valence-corrected chi connectivity index (χ4v) is 1.93. The number of piperidine rings is 1. The second-order valence-electron chi connectivity index (χ2n) is 3.92. The van der Waals surface area contributed by atoms with E-state index in [0.29, 0.717) is 0 Å². The van der Waals surface area contributed by atoms with Crippen LogP contribution in [-0.2, 0) is 0 Å². The molecule has 0 saturated carbocycles. The number of pyridine rings is 1. The van der Waals surface area contributed by atoms with E-state index in [1.807, 2.05) is 6.07 Å². The lowest BCUT2D eigenvalue weighted by molar-refractivity contribution is 0.0995. The number of hydrogen-bond acceptors (Lipinski definition) is 3. The molecule has 1 aromatic rings. The maximum atomic E-state index is 11.4. The predicted molar refractivity (Wildman–Crippen MR) is 63.8 cm³/mol. The third-order valence-electron chi connectivity index (χ3n) is 2.77. The minimum absolute atomic E-state index is 0.200. The van der Waals surface area contributed by atoms with Gasteiger partial charge in [-0.3, -0.25) is 4.79 Å². The van der Waals surface area contributed by atoms with Crippen LogP contribution < -0.4 is 4.90 Å². The van der Waals surface area contributed by atoms with Gasteiger partial charge in [-0.2, -0.15) is 0 Å². The average Bonchev–Trinajstić information content (AvgIpc) is 2.40. The van der Waals surface area contributed by atoms with Crippen LogP contribution in [0.4, 0.5) is 5.82 Å². The number of amides is 1. The van der Waals surface area contributed by atoms with E-state index < -0.39 is 5.91 Å². The molecule has 1 aliphatic heterocycles. The van der Waals surface area contributed by atoms with Crippen LogP contribution in [0.5, 0.6) is 0 Å². The molecule has 17 heavy (non-hydrogen) atoms. The van der Waals surface area contributed by atoms with Crippen LogP contribution in [0.1, 0.15) is 29.8 Å². The number of carbonyl (C=O) groups excluding carboxylic acids is 1. The molecule has 1 saturated heterocycles. The van der Waals surface area contributed by atoms with Gasteiger partial charge in [-0.15, -0.1) is 0 Å². The smallest absolute Gasteiger partial charge is 0.267 e. The van der Waals surface area contributed by atoms with Crippen LogP contribution in [0.25, 0.3) is 10.4 Å². The highest BCUT2D eigenvalue weighted by molar-refractivity contribution is 5.93. The third kappa shape index (κ3) is 2.73. The lowest BCUT2D eigenvalue weighted by Crippen LogP contribution is -2.30. The number of carbonyl (C=O) groups is 1. The van der Waals surface area contributed by atoms with Crippen LogP contribution in [0.15, 0.2) is 23.3 Å². The molecular formula is C11H13N5O. The Morgan fingerprint density at radius 1 is 1.35 bits per heavy atom. The van der Waals surface area contributed by atoms with Gasteiger partial charge < -0.3 is 4.90 Å². The van der Waals surface area contributed by atoms with Crippen molar-refractivity contribution in [2.75, 3.05) is 18.0 Å². The number of hydrogen-bond donors (Lipinski definition) is 0. The molecule has 0 aromatic carbocycles. The molecule has 0 bridgehead atoms. The Morgan fingerprint density at radius 3 is 2.82 bits per heavy atom. The van der Waals surface area contributed by atoms with Crippen molar-refractivity contribution in [3.8, 4) is 0 Å². The monoisotopic (exact) mass is 231 g/mol. The van der Waals surface area contributed by atoms with Gasteiger partial charge in [-0.05, 0) is 42.0 Å². The van der Waals surface area contributed by atoms with Crippen molar-refractivity contribution in [3.05, 3.63) is 34.3 Å². The topological polar surface area (TPSA) is 82.0 Å². The van der Waals surface area contributed by atoms with E-state index >= 15 is 0 Å². The van der Waals surface area contributed by atoms with E-state index in [-0.39, 0.29) is 5.69 Å². The van der Waals surface area contributed by atoms with Crippen LogP contribution in [-0.4, -0.2) is 24.0 Å². The minimum Gasteiger partial charge on any atom is -0.357 e. The summed E-state index contributed by atoms with van der Waals surface area (Å²) in [5, 5.41) is 3.04. The predicted octanol–water partition coefficient (Wildman–Crippen LogP) is 2.52. The first-order valence-corrected chi connectivity index (χ1v) is 5.63. The minimum atomic E-state index is -0.633. The molecule has 1 amide bonds. The Balaban J connectivity index is 2.21. The summed E-state index contributed by atoms with van der Waals surface area (Å²) in [6, 6.07) is 5.19. The highest BCUT2D eigenvalue weighted by Crippen LogP contribution is 2.17. The molecule has 1 fully saturated rings. The normalized spacial score (nSPS) is 15.2. The molecule has 0 atom stereocenters. The van der Waals surface area contributed by atoms with Gasteiger partial charge in [-0.25, -0.2) is 4.98 Å². The largest absolute Gasteiger partial charge is 0.357 e. The van der Waals surface area contributed by atoms with Gasteiger partial charge >= 0.3 is 0 Å².